The molecule has 0 heterocycles. The normalized spacial score (nSPS) is 10.3. The van der Waals surface area contributed by atoms with Gasteiger partial charge in [-0.15, -0.1) is 0 Å². The summed E-state index contributed by atoms with van der Waals surface area (Å²) in [5, 5.41) is 7.00. The molecule has 0 saturated heterocycles. The van der Waals surface area contributed by atoms with Crippen LogP contribution in [0.4, 0.5) is 0 Å². The first-order valence-corrected chi connectivity index (χ1v) is 5.29. The molecule has 0 aliphatic rings. The van der Waals surface area contributed by atoms with Gasteiger partial charge in [-0.2, -0.15) is 8.42 Å². The van der Waals surface area contributed by atoms with Crippen molar-refractivity contribution in [2.75, 3.05) is 14.2 Å². The molecule has 0 bridgehead atoms. The van der Waals surface area contributed by atoms with Gasteiger partial charge >= 0.3 is 0 Å². The Hall–Kier alpha value is -0.910. The van der Waals surface area contributed by atoms with Gasteiger partial charge in [-0.25, -0.2) is 0 Å². The third-order valence-corrected chi connectivity index (χ3v) is 2.82. The van der Waals surface area contributed by atoms with Gasteiger partial charge in [0, 0.05) is 7.11 Å². The minimum atomic E-state index is -3.51. The average Bonchev–Trinajstić information content (AvgIpc) is 2.21. The summed E-state index contributed by atoms with van der Waals surface area (Å²) in [6.45, 7) is 1.89. The third-order valence-electron chi connectivity index (χ3n) is 1.53. The zero-order chi connectivity index (χ0) is 11.2. The van der Waals surface area contributed by atoms with Gasteiger partial charge in [0.2, 0.25) is 0 Å². The minimum Gasteiger partial charge on any atom is -0.400 e. The molecule has 0 aromatic heterocycles. The van der Waals surface area contributed by atoms with E-state index in [2.05, 4.69) is 4.18 Å². The first-order valence-electron chi connectivity index (χ1n) is 3.88. The Balaban J connectivity index is 0.000000791. The van der Waals surface area contributed by atoms with Crippen molar-refractivity contribution in [3.05, 3.63) is 29.8 Å². The van der Waals surface area contributed by atoms with Gasteiger partial charge < -0.3 is 5.11 Å². The monoisotopic (exact) mass is 218 g/mol. The number of hydrogen-bond donors (Lipinski definition) is 1. The molecule has 1 aromatic carbocycles. The standard InChI is InChI=1S/C8H10O3S.CH4O/c1-7-3-5-8(6-4-7)12(9,10)11-2;1-2/h3-6H,1-2H3;2H,1H3. The second-order valence-electron chi connectivity index (χ2n) is 2.43. The molecule has 1 N–H and O–H groups in total. The molecule has 1 rings (SSSR count). The molecule has 14 heavy (non-hydrogen) atoms. The van der Waals surface area contributed by atoms with Crippen LogP contribution in [0.15, 0.2) is 29.2 Å². The van der Waals surface area contributed by atoms with Gasteiger partial charge in [0.1, 0.15) is 0 Å². The zero-order valence-electron chi connectivity index (χ0n) is 8.39. The van der Waals surface area contributed by atoms with Crippen molar-refractivity contribution in [2.45, 2.75) is 11.8 Å². The van der Waals surface area contributed by atoms with Gasteiger partial charge in [-0.05, 0) is 19.1 Å². The molecule has 0 aliphatic heterocycles. The quantitative estimate of drug-likeness (QED) is 0.750. The highest BCUT2D eigenvalue weighted by Gasteiger charge is 2.10. The van der Waals surface area contributed by atoms with E-state index in [1.165, 1.54) is 12.1 Å². The lowest BCUT2D eigenvalue weighted by molar-refractivity contribution is 0.397. The molecule has 4 nitrogen and oxygen atoms in total. The second kappa shape index (κ2) is 5.74. The Morgan fingerprint density at radius 2 is 1.57 bits per heavy atom. The maximum atomic E-state index is 11.1. The van der Waals surface area contributed by atoms with Gasteiger partial charge in [-0.3, -0.25) is 4.18 Å². The second-order valence-corrected chi connectivity index (χ2v) is 4.15. The Labute approximate surface area is 84.3 Å². The molecule has 5 heteroatoms. The van der Waals surface area contributed by atoms with E-state index >= 15 is 0 Å². The Morgan fingerprint density at radius 1 is 1.14 bits per heavy atom. The van der Waals surface area contributed by atoms with Crippen LogP contribution in [0.1, 0.15) is 5.56 Å². The number of aliphatic hydroxyl groups excluding tert-OH is 1. The lowest BCUT2D eigenvalue weighted by Gasteiger charge is -2.00. The fourth-order valence-corrected chi connectivity index (χ4v) is 1.46. The number of benzene rings is 1. The zero-order valence-corrected chi connectivity index (χ0v) is 9.21. The van der Waals surface area contributed by atoms with E-state index in [1.54, 1.807) is 12.1 Å². The molecular formula is C9H14O4S. The molecule has 1 aromatic rings. The van der Waals surface area contributed by atoms with Crippen molar-refractivity contribution < 1.29 is 17.7 Å². The van der Waals surface area contributed by atoms with Crippen LogP contribution in [0, 0.1) is 6.92 Å². The van der Waals surface area contributed by atoms with E-state index < -0.39 is 10.1 Å². The molecular weight excluding hydrogens is 204 g/mol. The predicted molar refractivity (Wildman–Crippen MR) is 53.5 cm³/mol. The largest absolute Gasteiger partial charge is 0.400 e. The number of aliphatic hydroxyl groups is 1. The van der Waals surface area contributed by atoms with Crippen LogP contribution < -0.4 is 0 Å². The highest BCUT2D eigenvalue weighted by molar-refractivity contribution is 7.86. The van der Waals surface area contributed by atoms with Crippen LogP contribution in [0.5, 0.6) is 0 Å². The first-order chi connectivity index (χ1) is 6.56. The molecule has 0 spiro atoms. The highest BCUT2D eigenvalue weighted by Crippen LogP contribution is 2.11. The lowest BCUT2D eigenvalue weighted by atomic mass is 10.2. The van der Waals surface area contributed by atoms with Crippen molar-refractivity contribution in [2.24, 2.45) is 0 Å². The van der Waals surface area contributed by atoms with E-state index in [1.807, 2.05) is 6.92 Å². The summed E-state index contributed by atoms with van der Waals surface area (Å²) in [5.74, 6) is 0. The van der Waals surface area contributed by atoms with Crippen molar-refractivity contribution in [1.29, 1.82) is 0 Å². The van der Waals surface area contributed by atoms with Gasteiger partial charge in [0.25, 0.3) is 10.1 Å². The Bertz CT molecular complexity index is 353. The maximum absolute atomic E-state index is 11.1. The van der Waals surface area contributed by atoms with Gasteiger partial charge in [0.15, 0.2) is 0 Å². The Kier molecular flexibility index (Phi) is 5.37. The van der Waals surface area contributed by atoms with Crippen LogP contribution >= 0.6 is 0 Å². The van der Waals surface area contributed by atoms with E-state index in [-0.39, 0.29) is 4.90 Å². The highest BCUT2D eigenvalue weighted by atomic mass is 32.2. The van der Waals surface area contributed by atoms with Crippen molar-refractivity contribution in [3.8, 4) is 0 Å². The molecule has 0 aliphatic carbocycles. The molecule has 0 radical (unpaired) electrons. The predicted octanol–water partition coefficient (Wildman–Crippen LogP) is 0.939. The molecule has 80 valence electrons. The summed E-state index contributed by atoms with van der Waals surface area (Å²) in [4.78, 5) is 0.190. The van der Waals surface area contributed by atoms with Crippen LogP contribution in [-0.2, 0) is 14.3 Å². The molecule has 0 amide bonds. The number of rotatable bonds is 2. The van der Waals surface area contributed by atoms with Gasteiger partial charge in [0.05, 0.1) is 12.0 Å². The van der Waals surface area contributed by atoms with Crippen LogP contribution in [0.3, 0.4) is 0 Å². The van der Waals surface area contributed by atoms with E-state index in [9.17, 15) is 8.42 Å². The molecule has 0 atom stereocenters. The van der Waals surface area contributed by atoms with E-state index in [0.29, 0.717) is 0 Å². The van der Waals surface area contributed by atoms with Crippen LogP contribution in [-0.4, -0.2) is 27.7 Å². The fourth-order valence-electron chi connectivity index (χ4n) is 0.801. The van der Waals surface area contributed by atoms with Crippen LogP contribution in [0.2, 0.25) is 0 Å². The van der Waals surface area contributed by atoms with E-state index in [4.69, 9.17) is 5.11 Å². The summed E-state index contributed by atoms with van der Waals surface area (Å²) in [6, 6.07) is 6.50. The summed E-state index contributed by atoms with van der Waals surface area (Å²) in [5.41, 5.74) is 1.02. The summed E-state index contributed by atoms with van der Waals surface area (Å²) >= 11 is 0. The van der Waals surface area contributed by atoms with Gasteiger partial charge in [-0.1, -0.05) is 17.7 Å². The third kappa shape index (κ3) is 3.45. The van der Waals surface area contributed by atoms with Crippen molar-refractivity contribution >= 4 is 10.1 Å². The number of hydrogen-bond acceptors (Lipinski definition) is 4. The summed E-state index contributed by atoms with van der Waals surface area (Å²) in [7, 11) is -1.37. The lowest BCUT2D eigenvalue weighted by Crippen LogP contribution is -2.02. The fraction of sp³-hybridized carbons (Fsp3) is 0.333. The minimum absolute atomic E-state index is 0.190. The molecule has 0 saturated carbocycles. The van der Waals surface area contributed by atoms with Crippen molar-refractivity contribution in [1.82, 2.24) is 0 Å². The average molecular weight is 218 g/mol. The van der Waals surface area contributed by atoms with Crippen molar-refractivity contribution in [3.63, 3.8) is 0 Å². The molecule has 0 fully saturated rings. The maximum Gasteiger partial charge on any atom is 0.296 e. The topological polar surface area (TPSA) is 63.6 Å². The first kappa shape index (κ1) is 13.1. The molecule has 0 unspecified atom stereocenters. The summed E-state index contributed by atoms with van der Waals surface area (Å²) < 4.78 is 26.5. The smallest absolute Gasteiger partial charge is 0.296 e. The Morgan fingerprint density at radius 3 is 1.93 bits per heavy atom. The SMILES string of the molecule is CO.COS(=O)(=O)c1ccc(C)cc1. The summed E-state index contributed by atoms with van der Waals surface area (Å²) in [6.07, 6.45) is 0. The van der Waals surface area contributed by atoms with E-state index in [0.717, 1.165) is 19.8 Å². The van der Waals surface area contributed by atoms with Crippen LogP contribution in [0.25, 0.3) is 0 Å². The number of aryl methyl sites for hydroxylation is 1.